The minimum Gasteiger partial charge on any atom is -0.363 e. The van der Waals surface area contributed by atoms with Crippen molar-refractivity contribution in [3.05, 3.63) is 38.3 Å². The first-order valence-corrected chi connectivity index (χ1v) is 6.63. The number of nitrogens with zero attached hydrogens (tertiary/aromatic N) is 2. The molecule has 0 bridgehead atoms. The van der Waals surface area contributed by atoms with Gasteiger partial charge in [-0.25, -0.2) is 9.97 Å². The molecule has 84 valence electrons. The fraction of sp³-hybridized carbons (Fsp3) is 0.200. The van der Waals surface area contributed by atoms with Crippen molar-refractivity contribution in [2.45, 2.75) is 13.0 Å². The van der Waals surface area contributed by atoms with E-state index >= 15 is 0 Å². The highest BCUT2D eigenvalue weighted by molar-refractivity contribution is 9.10. The molecule has 0 aromatic carbocycles. The monoisotopic (exact) mass is 317 g/mol. The van der Waals surface area contributed by atoms with Gasteiger partial charge in [-0.1, -0.05) is 11.6 Å². The number of hydrogen-bond donors (Lipinski definition) is 1. The van der Waals surface area contributed by atoms with Gasteiger partial charge >= 0.3 is 0 Å². The van der Waals surface area contributed by atoms with Crippen molar-refractivity contribution in [2.24, 2.45) is 0 Å². The lowest BCUT2D eigenvalue weighted by Gasteiger charge is -2.12. The molecule has 2 heterocycles. The summed E-state index contributed by atoms with van der Waals surface area (Å²) in [5.41, 5.74) is 0. The SMILES string of the molecule is CC(Nc1cc(Br)ncn1)c1ccc(Cl)s1. The largest absolute Gasteiger partial charge is 0.363 e. The first kappa shape index (κ1) is 11.8. The van der Waals surface area contributed by atoms with Gasteiger partial charge in [-0.3, -0.25) is 0 Å². The van der Waals surface area contributed by atoms with Crippen molar-refractivity contribution in [1.82, 2.24) is 9.97 Å². The van der Waals surface area contributed by atoms with Crippen molar-refractivity contribution >= 4 is 44.7 Å². The lowest BCUT2D eigenvalue weighted by Crippen LogP contribution is -2.06. The smallest absolute Gasteiger partial charge is 0.130 e. The van der Waals surface area contributed by atoms with Gasteiger partial charge in [-0.2, -0.15) is 0 Å². The molecular weight excluding hydrogens is 310 g/mol. The molecule has 1 atom stereocenters. The molecule has 0 saturated heterocycles. The third kappa shape index (κ3) is 2.93. The minimum absolute atomic E-state index is 0.180. The van der Waals surface area contributed by atoms with Crippen LogP contribution in [0, 0.1) is 0 Å². The molecule has 0 fully saturated rings. The van der Waals surface area contributed by atoms with Gasteiger partial charge in [0.15, 0.2) is 0 Å². The van der Waals surface area contributed by atoms with Gasteiger partial charge in [-0.15, -0.1) is 11.3 Å². The second kappa shape index (κ2) is 5.12. The molecule has 3 nitrogen and oxygen atoms in total. The van der Waals surface area contributed by atoms with E-state index in [2.05, 4.69) is 38.1 Å². The van der Waals surface area contributed by atoms with Crippen LogP contribution in [0.2, 0.25) is 4.34 Å². The Kier molecular flexibility index (Phi) is 3.78. The van der Waals surface area contributed by atoms with Gasteiger partial charge < -0.3 is 5.32 Å². The second-order valence-electron chi connectivity index (χ2n) is 3.23. The van der Waals surface area contributed by atoms with Gasteiger partial charge in [0.1, 0.15) is 16.7 Å². The Bertz CT molecular complexity index is 488. The van der Waals surface area contributed by atoms with Crippen LogP contribution in [-0.2, 0) is 0 Å². The molecule has 0 aliphatic carbocycles. The van der Waals surface area contributed by atoms with E-state index in [1.165, 1.54) is 11.2 Å². The number of halogens is 2. The summed E-state index contributed by atoms with van der Waals surface area (Å²) in [5.74, 6) is 0.791. The zero-order chi connectivity index (χ0) is 11.5. The topological polar surface area (TPSA) is 37.8 Å². The molecular formula is C10H9BrClN3S. The molecule has 2 aromatic rings. The molecule has 1 unspecified atom stereocenters. The Morgan fingerprint density at radius 3 is 2.88 bits per heavy atom. The van der Waals surface area contributed by atoms with Crippen molar-refractivity contribution in [3.8, 4) is 0 Å². The van der Waals surface area contributed by atoms with Crippen molar-refractivity contribution in [1.29, 1.82) is 0 Å². The fourth-order valence-electron chi connectivity index (χ4n) is 1.27. The van der Waals surface area contributed by atoms with E-state index in [1.54, 1.807) is 11.3 Å². The number of rotatable bonds is 3. The molecule has 16 heavy (non-hydrogen) atoms. The van der Waals surface area contributed by atoms with Crippen LogP contribution in [0.4, 0.5) is 5.82 Å². The number of hydrogen-bond acceptors (Lipinski definition) is 4. The van der Waals surface area contributed by atoms with E-state index < -0.39 is 0 Å². The predicted octanol–water partition coefficient (Wildman–Crippen LogP) is 4.13. The molecule has 0 aliphatic heterocycles. The average Bonchev–Trinajstić information content (AvgIpc) is 2.65. The molecule has 0 aliphatic rings. The van der Waals surface area contributed by atoms with Crippen LogP contribution in [0.3, 0.4) is 0 Å². The van der Waals surface area contributed by atoms with Crippen LogP contribution in [0.25, 0.3) is 0 Å². The third-order valence-electron chi connectivity index (χ3n) is 2.02. The molecule has 2 aromatic heterocycles. The molecule has 6 heteroatoms. The molecule has 0 spiro atoms. The van der Waals surface area contributed by atoms with Crippen LogP contribution in [0.15, 0.2) is 29.1 Å². The predicted molar refractivity (Wildman–Crippen MR) is 71.1 cm³/mol. The van der Waals surface area contributed by atoms with Crippen molar-refractivity contribution < 1.29 is 0 Å². The Morgan fingerprint density at radius 2 is 2.25 bits per heavy atom. The normalized spacial score (nSPS) is 12.4. The first-order valence-electron chi connectivity index (χ1n) is 4.64. The summed E-state index contributed by atoms with van der Waals surface area (Å²) < 4.78 is 1.56. The van der Waals surface area contributed by atoms with Crippen molar-refractivity contribution in [3.63, 3.8) is 0 Å². The molecule has 0 radical (unpaired) electrons. The maximum Gasteiger partial charge on any atom is 0.130 e. The summed E-state index contributed by atoms with van der Waals surface area (Å²) in [6, 6.07) is 5.93. The number of thiophene rings is 1. The van der Waals surface area contributed by atoms with Gasteiger partial charge in [0.25, 0.3) is 0 Å². The summed E-state index contributed by atoms with van der Waals surface area (Å²) >= 11 is 10.8. The summed E-state index contributed by atoms with van der Waals surface area (Å²) in [4.78, 5) is 9.28. The van der Waals surface area contributed by atoms with Crippen LogP contribution in [-0.4, -0.2) is 9.97 Å². The highest BCUT2D eigenvalue weighted by Crippen LogP contribution is 2.28. The lowest BCUT2D eigenvalue weighted by molar-refractivity contribution is 0.892. The minimum atomic E-state index is 0.180. The van der Waals surface area contributed by atoms with Gasteiger partial charge in [0.05, 0.1) is 10.4 Å². The fourth-order valence-corrected chi connectivity index (χ4v) is 2.64. The highest BCUT2D eigenvalue weighted by atomic mass is 79.9. The zero-order valence-electron chi connectivity index (χ0n) is 8.45. The average molecular weight is 319 g/mol. The Balaban J connectivity index is 2.10. The highest BCUT2D eigenvalue weighted by Gasteiger charge is 2.08. The van der Waals surface area contributed by atoms with Crippen LogP contribution in [0.1, 0.15) is 17.8 Å². The molecule has 0 amide bonds. The summed E-state index contributed by atoms with van der Waals surface area (Å²) in [6.07, 6.45) is 1.51. The van der Waals surface area contributed by atoms with Gasteiger partial charge in [-0.05, 0) is 35.0 Å². The maximum atomic E-state index is 5.89. The molecule has 1 N–H and O–H groups in total. The van der Waals surface area contributed by atoms with Gasteiger partial charge in [0, 0.05) is 10.9 Å². The Hall–Kier alpha value is -0.650. The number of aromatic nitrogens is 2. The van der Waals surface area contributed by atoms with Crippen LogP contribution in [0.5, 0.6) is 0 Å². The number of nitrogens with one attached hydrogen (secondary N) is 1. The lowest BCUT2D eigenvalue weighted by atomic mass is 10.3. The van der Waals surface area contributed by atoms with E-state index in [0.717, 1.165) is 14.8 Å². The van der Waals surface area contributed by atoms with E-state index in [1.807, 2.05) is 18.2 Å². The zero-order valence-corrected chi connectivity index (χ0v) is 11.6. The summed E-state index contributed by atoms with van der Waals surface area (Å²) in [7, 11) is 0. The van der Waals surface area contributed by atoms with E-state index in [4.69, 9.17) is 11.6 Å². The van der Waals surface area contributed by atoms with Crippen molar-refractivity contribution in [2.75, 3.05) is 5.32 Å². The Labute approximate surface area is 111 Å². The van der Waals surface area contributed by atoms with Gasteiger partial charge in [0.2, 0.25) is 0 Å². The number of anilines is 1. The second-order valence-corrected chi connectivity index (χ2v) is 5.79. The third-order valence-corrected chi connectivity index (χ3v) is 3.87. The standard InChI is InChI=1S/C10H9BrClN3S/c1-6(7-2-3-9(12)16-7)15-10-4-8(11)13-5-14-10/h2-6H,1H3,(H,13,14,15). The summed E-state index contributed by atoms with van der Waals surface area (Å²) in [6.45, 7) is 2.07. The maximum absolute atomic E-state index is 5.89. The van der Waals surface area contributed by atoms with E-state index in [9.17, 15) is 0 Å². The molecule has 2 rings (SSSR count). The van der Waals surface area contributed by atoms with E-state index in [-0.39, 0.29) is 6.04 Å². The quantitative estimate of drug-likeness (QED) is 0.865. The Morgan fingerprint density at radius 1 is 1.44 bits per heavy atom. The molecule has 0 saturated carbocycles. The van der Waals surface area contributed by atoms with E-state index in [0.29, 0.717) is 0 Å². The summed E-state index contributed by atoms with van der Waals surface area (Å²) in [5, 5.41) is 3.28. The van der Waals surface area contributed by atoms with Crippen LogP contribution >= 0.6 is 38.9 Å². The van der Waals surface area contributed by atoms with Crippen LogP contribution < -0.4 is 5.32 Å². The first-order chi connectivity index (χ1) is 7.65.